The Balaban J connectivity index is 3.19. The largest absolute Gasteiger partial charge is 0.496 e. The molecule has 0 saturated heterocycles. The molecule has 20 heavy (non-hydrogen) atoms. The van der Waals surface area contributed by atoms with E-state index in [1.54, 1.807) is 7.11 Å². The van der Waals surface area contributed by atoms with Gasteiger partial charge in [-0.15, -0.1) is 0 Å². The third-order valence-electron chi connectivity index (χ3n) is 4.22. The van der Waals surface area contributed by atoms with E-state index in [2.05, 4.69) is 45.3 Å². The zero-order valence-corrected chi connectivity index (χ0v) is 13.6. The van der Waals surface area contributed by atoms with E-state index in [-0.39, 0.29) is 6.04 Å². The fourth-order valence-electron chi connectivity index (χ4n) is 3.03. The molecule has 1 rings (SSSR count). The number of benzene rings is 1. The number of rotatable bonds is 8. The van der Waals surface area contributed by atoms with Crippen LogP contribution in [-0.2, 0) is 0 Å². The minimum atomic E-state index is 0.157. The van der Waals surface area contributed by atoms with Crippen LogP contribution in [0.4, 0.5) is 0 Å². The molecular formula is C17H30N2O. The fraction of sp³-hybridized carbons (Fsp3) is 0.647. The molecule has 0 aromatic heterocycles. The summed E-state index contributed by atoms with van der Waals surface area (Å²) in [5.41, 5.74) is 6.67. The predicted octanol–water partition coefficient (Wildman–Crippen LogP) is 4.03. The first-order chi connectivity index (χ1) is 9.60. The maximum atomic E-state index is 5.87. The van der Waals surface area contributed by atoms with E-state index in [1.807, 2.05) is 0 Å². The number of hydrogen-bond acceptors (Lipinski definition) is 3. The van der Waals surface area contributed by atoms with Gasteiger partial charge in [0.1, 0.15) is 5.75 Å². The molecular weight excluding hydrogens is 248 g/mol. The average Bonchev–Trinajstić information content (AvgIpc) is 2.44. The van der Waals surface area contributed by atoms with E-state index in [0.29, 0.717) is 5.92 Å². The molecule has 0 radical (unpaired) electrons. The molecule has 0 aliphatic rings. The first-order valence-corrected chi connectivity index (χ1v) is 7.70. The van der Waals surface area contributed by atoms with Gasteiger partial charge in [0, 0.05) is 5.56 Å². The summed E-state index contributed by atoms with van der Waals surface area (Å²) in [5, 5.41) is 0. The standard InChI is InChI=1S/C17H30N2O/c1-6-8-14(9-7-2)16(19-18)15-11-10-12(3)13(4)17(15)20-5/h10-11,14,16,19H,6-9,18H2,1-5H3. The Morgan fingerprint density at radius 2 is 1.75 bits per heavy atom. The second-order valence-electron chi connectivity index (χ2n) is 5.61. The van der Waals surface area contributed by atoms with Crippen molar-refractivity contribution in [2.24, 2.45) is 11.8 Å². The Bertz CT molecular complexity index is 412. The second kappa shape index (κ2) is 8.28. The highest BCUT2D eigenvalue weighted by Gasteiger charge is 2.24. The molecule has 0 heterocycles. The van der Waals surface area contributed by atoms with Gasteiger partial charge >= 0.3 is 0 Å². The van der Waals surface area contributed by atoms with Crippen LogP contribution in [0.25, 0.3) is 0 Å². The minimum absolute atomic E-state index is 0.157. The van der Waals surface area contributed by atoms with Crippen molar-refractivity contribution in [2.75, 3.05) is 7.11 Å². The number of nitrogens with two attached hydrogens (primary N) is 1. The van der Waals surface area contributed by atoms with Crippen molar-refractivity contribution in [3.8, 4) is 5.75 Å². The highest BCUT2D eigenvalue weighted by Crippen LogP contribution is 2.37. The number of hydrazine groups is 1. The number of hydrogen-bond donors (Lipinski definition) is 2. The summed E-state index contributed by atoms with van der Waals surface area (Å²) in [6.07, 6.45) is 4.71. The van der Waals surface area contributed by atoms with Gasteiger partial charge in [0.15, 0.2) is 0 Å². The number of ether oxygens (including phenoxy) is 1. The molecule has 0 fully saturated rings. The molecule has 3 nitrogen and oxygen atoms in total. The summed E-state index contributed by atoms with van der Waals surface area (Å²) in [5.74, 6) is 7.40. The van der Waals surface area contributed by atoms with Crippen LogP contribution >= 0.6 is 0 Å². The minimum Gasteiger partial charge on any atom is -0.496 e. The zero-order chi connectivity index (χ0) is 15.1. The van der Waals surface area contributed by atoms with Crippen LogP contribution in [0, 0.1) is 19.8 Å². The van der Waals surface area contributed by atoms with Crippen molar-refractivity contribution in [3.05, 3.63) is 28.8 Å². The number of nitrogens with one attached hydrogen (secondary N) is 1. The second-order valence-corrected chi connectivity index (χ2v) is 5.61. The van der Waals surface area contributed by atoms with Crippen molar-refractivity contribution in [2.45, 2.75) is 59.4 Å². The van der Waals surface area contributed by atoms with E-state index >= 15 is 0 Å². The Hall–Kier alpha value is -1.06. The highest BCUT2D eigenvalue weighted by molar-refractivity contribution is 5.47. The quantitative estimate of drug-likeness (QED) is 0.557. The lowest BCUT2D eigenvalue weighted by atomic mass is 9.85. The van der Waals surface area contributed by atoms with Crippen LogP contribution in [0.1, 0.15) is 62.3 Å². The fourth-order valence-corrected chi connectivity index (χ4v) is 3.03. The summed E-state index contributed by atoms with van der Waals surface area (Å²) in [6.45, 7) is 8.68. The third kappa shape index (κ3) is 3.74. The third-order valence-corrected chi connectivity index (χ3v) is 4.22. The zero-order valence-electron chi connectivity index (χ0n) is 13.6. The van der Waals surface area contributed by atoms with Gasteiger partial charge in [0.05, 0.1) is 13.2 Å². The number of aryl methyl sites for hydroxylation is 1. The summed E-state index contributed by atoms with van der Waals surface area (Å²) in [6, 6.07) is 4.47. The first kappa shape index (κ1) is 17.0. The Morgan fingerprint density at radius 1 is 1.15 bits per heavy atom. The molecule has 114 valence electrons. The van der Waals surface area contributed by atoms with Crippen LogP contribution in [-0.4, -0.2) is 7.11 Å². The molecule has 1 aromatic rings. The summed E-state index contributed by atoms with van der Waals surface area (Å²) in [7, 11) is 1.74. The lowest BCUT2D eigenvalue weighted by molar-refractivity contribution is 0.307. The van der Waals surface area contributed by atoms with E-state index in [4.69, 9.17) is 10.6 Å². The van der Waals surface area contributed by atoms with Crippen LogP contribution in [0.2, 0.25) is 0 Å². The summed E-state index contributed by atoms with van der Waals surface area (Å²) < 4.78 is 5.65. The molecule has 1 atom stereocenters. The molecule has 0 aliphatic carbocycles. The van der Waals surface area contributed by atoms with Crippen LogP contribution in [0.5, 0.6) is 5.75 Å². The molecule has 1 unspecified atom stereocenters. The van der Waals surface area contributed by atoms with Crippen LogP contribution in [0.3, 0.4) is 0 Å². The SMILES string of the molecule is CCCC(CCC)C(NN)c1ccc(C)c(C)c1OC. The number of methoxy groups -OCH3 is 1. The van der Waals surface area contributed by atoms with E-state index in [1.165, 1.54) is 42.4 Å². The normalized spacial score (nSPS) is 12.8. The molecule has 0 aliphatic heterocycles. The van der Waals surface area contributed by atoms with Crippen molar-refractivity contribution in [1.29, 1.82) is 0 Å². The smallest absolute Gasteiger partial charge is 0.126 e. The van der Waals surface area contributed by atoms with Crippen molar-refractivity contribution >= 4 is 0 Å². The van der Waals surface area contributed by atoms with Gasteiger partial charge in [0.2, 0.25) is 0 Å². The maximum Gasteiger partial charge on any atom is 0.126 e. The van der Waals surface area contributed by atoms with E-state index in [9.17, 15) is 0 Å². The average molecular weight is 278 g/mol. The molecule has 3 heteroatoms. The molecule has 0 spiro atoms. The van der Waals surface area contributed by atoms with Crippen molar-refractivity contribution < 1.29 is 4.74 Å². The summed E-state index contributed by atoms with van der Waals surface area (Å²) in [4.78, 5) is 0. The monoisotopic (exact) mass is 278 g/mol. The molecule has 0 saturated carbocycles. The van der Waals surface area contributed by atoms with Gasteiger partial charge in [-0.25, -0.2) is 0 Å². The Labute approximate surface area is 123 Å². The van der Waals surface area contributed by atoms with E-state index in [0.717, 1.165) is 5.75 Å². The Kier molecular flexibility index (Phi) is 7.03. The van der Waals surface area contributed by atoms with Crippen molar-refractivity contribution in [3.63, 3.8) is 0 Å². The van der Waals surface area contributed by atoms with Gasteiger partial charge in [-0.3, -0.25) is 11.3 Å². The van der Waals surface area contributed by atoms with Crippen LogP contribution in [0.15, 0.2) is 12.1 Å². The van der Waals surface area contributed by atoms with Crippen LogP contribution < -0.4 is 16.0 Å². The maximum absolute atomic E-state index is 5.87. The molecule has 1 aromatic carbocycles. The van der Waals surface area contributed by atoms with Gasteiger partial charge < -0.3 is 4.74 Å². The lowest BCUT2D eigenvalue weighted by Crippen LogP contribution is -2.34. The van der Waals surface area contributed by atoms with Gasteiger partial charge in [0.25, 0.3) is 0 Å². The highest BCUT2D eigenvalue weighted by atomic mass is 16.5. The van der Waals surface area contributed by atoms with Gasteiger partial charge in [-0.1, -0.05) is 38.8 Å². The topological polar surface area (TPSA) is 47.3 Å². The van der Waals surface area contributed by atoms with Crippen molar-refractivity contribution in [1.82, 2.24) is 5.43 Å². The molecule has 3 N–H and O–H groups in total. The summed E-state index contributed by atoms with van der Waals surface area (Å²) >= 11 is 0. The van der Waals surface area contributed by atoms with Gasteiger partial charge in [-0.05, 0) is 43.7 Å². The predicted molar refractivity (Wildman–Crippen MR) is 85.8 cm³/mol. The first-order valence-electron chi connectivity index (χ1n) is 7.70. The lowest BCUT2D eigenvalue weighted by Gasteiger charge is -2.28. The van der Waals surface area contributed by atoms with Gasteiger partial charge in [-0.2, -0.15) is 0 Å². The Morgan fingerprint density at radius 3 is 2.20 bits per heavy atom. The molecule has 0 bridgehead atoms. The van der Waals surface area contributed by atoms with E-state index < -0.39 is 0 Å². The molecule has 0 amide bonds.